The van der Waals surface area contributed by atoms with E-state index in [9.17, 15) is 0 Å². The molecular weight excluding hydrogens is 202 g/mol. The van der Waals surface area contributed by atoms with Crippen LogP contribution in [-0.2, 0) is 0 Å². The topological polar surface area (TPSA) is 47.4 Å². The van der Waals surface area contributed by atoms with Gasteiger partial charge in [-0.1, -0.05) is 12.1 Å². The third-order valence-electron chi connectivity index (χ3n) is 2.00. The summed E-state index contributed by atoms with van der Waals surface area (Å²) < 4.78 is 5.18. The van der Waals surface area contributed by atoms with Crippen LogP contribution in [0.2, 0.25) is 0 Å². The molecule has 0 bridgehead atoms. The Balaban J connectivity index is 2.24. The van der Waals surface area contributed by atoms with E-state index in [0.717, 1.165) is 11.4 Å². The van der Waals surface area contributed by atoms with Gasteiger partial charge in [-0.05, 0) is 12.1 Å². The minimum atomic E-state index is 0.716. The molecular formula is C12H11N3O. The van der Waals surface area contributed by atoms with Crippen molar-refractivity contribution in [1.82, 2.24) is 9.97 Å². The molecule has 80 valence electrons. The molecule has 2 aromatic rings. The van der Waals surface area contributed by atoms with E-state index in [-0.39, 0.29) is 0 Å². The Morgan fingerprint density at radius 1 is 1.25 bits per heavy atom. The highest BCUT2D eigenvalue weighted by Gasteiger charge is 1.97. The SMILES string of the molecule is COc1ccccc1N=Cc1cnccn1. The standard InChI is InChI=1S/C12H11N3O/c1-16-12-5-3-2-4-11(12)15-9-10-8-13-6-7-14-10/h2-9H,1H3. The summed E-state index contributed by atoms with van der Waals surface area (Å²) in [5.41, 5.74) is 1.49. The summed E-state index contributed by atoms with van der Waals surface area (Å²) >= 11 is 0. The van der Waals surface area contributed by atoms with E-state index in [2.05, 4.69) is 15.0 Å². The predicted octanol–water partition coefficient (Wildman–Crippen LogP) is 2.24. The van der Waals surface area contributed by atoms with Crippen molar-refractivity contribution in [3.05, 3.63) is 48.5 Å². The van der Waals surface area contributed by atoms with Gasteiger partial charge in [0.2, 0.25) is 0 Å². The quantitative estimate of drug-likeness (QED) is 0.734. The molecule has 0 aliphatic heterocycles. The van der Waals surface area contributed by atoms with Crippen LogP contribution in [0.15, 0.2) is 47.8 Å². The van der Waals surface area contributed by atoms with Gasteiger partial charge in [-0.3, -0.25) is 15.0 Å². The number of ether oxygens (including phenoxy) is 1. The van der Waals surface area contributed by atoms with Crippen molar-refractivity contribution in [2.75, 3.05) is 7.11 Å². The number of hydrogen-bond donors (Lipinski definition) is 0. The summed E-state index contributed by atoms with van der Waals surface area (Å²) in [7, 11) is 1.62. The summed E-state index contributed by atoms with van der Waals surface area (Å²) in [6.45, 7) is 0. The highest BCUT2D eigenvalue weighted by molar-refractivity contribution is 5.79. The number of benzene rings is 1. The summed E-state index contributed by atoms with van der Waals surface area (Å²) in [6.07, 6.45) is 6.56. The van der Waals surface area contributed by atoms with Crippen molar-refractivity contribution in [2.45, 2.75) is 0 Å². The zero-order chi connectivity index (χ0) is 11.2. The van der Waals surface area contributed by atoms with Gasteiger partial charge >= 0.3 is 0 Å². The molecule has 0 saturated heterocycles. The van der Waals surface area contributed by atoms with E-state index < -0.39 is 0 Å². The second-order valence-corrected chi connectivity index (χ2v) is 3.06. The molecule has 0 fully saturated rings. The van der Waals surface area contributed by atoms with Gasteiger partial charge in [0.15, 0.2) is 0 Å². The number of nitrogens with zero attached hydrogens (tertiary/aromatic N) is 3. The Hall–Kier alpha value is -2.23. The Bertz CT molecular complexity index is 483. The molecule has 0 aliphatic carbocycles. The lowest BCUT2D eigenvalue weighted by atomic mass is 10.3. The first kappa shape index (κ1) is 10.3. The van der Waals surface area contributed by atoms with Gasteiger partial charge in [0.05, 0.1) is 25.2 Å². The molecule has 0 aliphatic rings. The van der Waals surface area contributed by atoms with Crippen LogP contribution in [-0.4, -0.2) is 23.3 Å². The van der Waals surface area contributed by atoms with Crippen molar-refractivity contribution < 1.29 is 4.74 Å². The number of hydrogen-bond acceptors (Lipinski definition) is 4. The fraction of sp³-hybridized carbons (Fsp3) is 0.0833. The van der Waals surface area contributed by atoms with Gasteiger partial charge in [0.25, 0.3) is 0 Å². The van der Waals surface area contributed by atoms with Crippen LogP contribution in [0.4, 0.5) is 5.69 Å². The van der Waals surface area contributed by atoms with Crippen molar-refractivity contribution in [2.24, 2.45) is 4.99 Å². The fourth-order valence-corrected chi connectivity index (χ4v) is 1.25. The predicted molar refractivity (Wildman–Crippen MR) is 62.3 cm³/mol. The Labute approximate surface area is 93.7 Å². The molecule has 0 atom stereocenters. The average molecular weight is 213 g/mol. The van der Waals surface area contributed by atoms with Gasteiger partial charge in [0.1, 0.15) is 11.4 Å². The van der Waals surface area contributed by atoms with Gasteiger partial charge in [-0.15, -0.1) is 0 Å². The summed E-state index contributed by atoms with van der Waals surface area (Å²) in [5, 5.41) is 0. The van der Waals surface area contributed by atoms with E-state index in [4.69, 9.17) is 4.74 Å². The summed E-state index contributed by atoms with van der Waals surface area (Å²) in [4.78, 5) is 12.3. The van der Waals surface area contributed by atoms with Crippen LogP contribution < -0.4 is 4.74 Å². The molecule has 1 aromatic heterocycles. The van der Waals surface area contributed by atoms with Crippen LogP contribution in [0, 0.1) is 0 Å². The van der Waals surface area contributed by atoms with Crippen LogP contribution in [0.1, 0.15) is 5.69 Å². The largest absolute Gasteiger partial charge is 0.494 e. The lowest BCUT2D eigenvalue weighted by Crippen LogP contribution is -1.87. The van der Waals surface area contributed by atoms with Crippen molar-refractivity contribution >= 4 is 11.9 Å². The van der Waals surface area contributed by atoms with E-state index in [1.54, 1.807) is 31.9 Å². The second kappa shape index (κ2) is 5.02. The van der Waals surface area contributed by atoms with Crippen molar-refractivity contribution in [3.63, 3.8) is 0 Å². The fourth-order valence-electron chi connectivity index (χ4n) is 1.25. The molecule has 0 spiro atoms. The lowest BCUT2D eigenvalue weighted by Gasteiger charge is -2.02. The minimum Gasteiger partial charge on any atom is -0.494 e. The highest BCUT2D eigenvalue weighted by Crippen LogP contribution is 2.25. The first-order chi connectivity index (χ1) is 7.90. The monoisotopic (exact) mass is 213 g/mol. The molecule has 0 radical (unpaired) electrons. The van der Waals surface area contributed by atoms with E-state index in [1.807, 2.05) is 24.3 Å². The number of aromatic nitrogens is 2. The molecule has 4 nitrogen and oxygen atoms in total. The van der Waals surface area contributed by atoms with Crippen LogP contribution in [0.3, 0.4) is 0 Å². The molecule has 1 aromatic carbocycles. The molecule has 1 heterocycles. The third kappa shape index (κ3) is 2.42. The molecule has 2 rings (SSSR count). The number of para-hydroxylation sites is 2. The Morgan fingerprint density at radius 3 is 2.88 bits per heavy atom. The van der Waals surface area contributed by atoms with Crippen LogP contribution in [0.25, 0.3) is 0 Å². The lowest BCUT2D eigenvalue weighted by molar-refractivity contribution is 0.416. The second-order valence-electron chi connectivity index (χ2n) is 3.06. The maximum absolute atomic E-state index is 5.18. The zero-order valence-electron chi connectivity index (χ0n) is 8.87. The van der Waals surface area contributed by atoms with Gasteiger partial charge in [-0.25, -0.2) is 0 Å². The zero-order valence-corrected chi connectivity index (χ0v) is 8.87. The smallest absolute Gasteiger partial charge is 0.144 e. The first-order valence-electron chi connectivity index (χ1n) is 4.83. The maximum atomic E-state index is 5.18. The summed E-state index contributed by atoms with van der Waals surface area (Å²) in [6, 6.07) is 7.56. The van der Waals surface area contributed by atoms with Crippen LogP contribution in [0.5, 0.6) is 5.75 Å². The third-order valence-corrected chi connectivity index (χ3v) is 2.00. The first-order valence-corrected chi connectivity index (χ1v) is 4.83. The molecule has 16 heavy (non-hydrogen) atoms. The van der Waals surface area contributed by atoms with E-state index in [1.165, 1.54) is 0 Å². The van der Waals surface area contributed by atoms with Gasteiger partial charge in [-0.2, -0.15) is 0 Å². The molecule has 0 unspecified atom stereocenters. The highest BCUT2D eigenvalue weighted by atomic mass is 16.5. The van der Waals surface area contributed by atoms with Gasteiger partial charge in [0, 0.05) is 12.4 Å². The molecule has 4 heteroatoms. The number of methoxy groups -OCH3 is 1. The molecule has 0 saturated carbocycles. The summed E-state index contributed by atoms with van der Waals surface area (Å²) in [5.74, 6) is 0.739. The minimum absolute atomic E-state index is 0.716. The van der Waals surface area contributed by atoms with E-state index in [0.29, 0.717) is 5.69 Å². The average Bonchev–Trinajstić information content (AvgIpc) is 2.38. The Kier molecular flexibility index (Phi) is 3.23. The van der Waals surface area contributed by atoms with Crippen molar-refractivity contribution in [1.29, 1.82) is 0 Å². The van der Waals surface area contributed by atoms with E-state index >= 15 is 0 Å². The van der Waals surface area contributed by atoms with Crippen LogP contribution >= 0.6 is 0 Å². The molecule has 0 amide bonds. The molecule has 0 N–H and O–H groups in total. The number of rotatable bonds is 3. The normalized spacial score (nSPS) is 10.6. The van der Waals surface area contributed by atoms with Gasteiger partial charge < -0.3 is 4.74 Å². The number of aliphatic imine (C=N–C) groups is 1. The van der Waals surface area contributed by atoms with Crippen molar-refractivity contribution in [3.8, 4) is 5.75 Å². The Morgan fingerprint density at radius 2 is 2.12 bits per heavy atom. The maximum Gasteiger partial charge on any atom is 0.144 e.